The van der Waals surface area contributed by atoms with E-state index in [1.165, 1.54) is 76.9 Å². The van der Waals surface area contributed by atoms with E-state index in [4.69, 9.17) is 0 Å². The number of benzene rings is 1. The number of hydrogen-bond donors (Lipinski definition) is 0. The van der Waals surface area contributed by atoms with Crippen molar-refractivity contribution in [3.63, 3.8) is 0 Å². The fourth-order valence-corrected chi connectivity index (χ4v) is 5.35. The lowest BCUT2D eigenvalue weighted by Gasteiger charge is -2.41. The zero-order valence-electron chi connectivity index (χ0n) is 15.9. The second-order valence-corrected chi connectivity index (χ2v) is 8.68. The molecule has 0 bridgehead atoms. The molecule has 0 N–H and O–H groups in total. The molecule has 0 amide bonds. The molecule has 0 aromatic heterocycles. The molecule has 4 rings (SSSR count). The third kappa shape index (κ3) is 4.45. The molecule has 0 spiro atoms. The summed E-state index contributed by atoms with van der Waals surface area (Å²) in [5, 5.41) is 0. The number of hydrogen-bond acceptors (Lipinski definition) is 3. The fourth-order valence-electron chi connectivity index (χ4n) is 5.35. The highest BCUT2D eigenvalue weighted by molar-refractivity contribution is 5.14. The van der Waals surface area contributed by atoms with Crippen LogP contribution in [0.25, 0.3) is 0 Å². The van der Waals surface area contributed by atoms with Gasteiger partial charge in [0, 0.05) is 25.7 Å². The molecule has 3 fully saturated rings. The van der Waals surface area contributed by atoms with Gasteiger partial charge in [0.1, 0.15) is 0 Å². The van der Waals surface area contributed by atoms with Gasteiger partial charge in [-0.3, -0.25) is 9.80 Å². The van der Waals surface area contributed by atoms with Crippen molar-refractivity contribution in [2.75, 3.05) is 46.3 Å². The van der Waals surface area contributed by atoms with Crippen LogP contribution in [0.2, 0.25) is 0 Å². The van der Waals surface area contributed by atoms with Gasteiger partial charge in [-0.05, 0) is 82.7 Å². The van der Waals surface area contributed by atoms with Crippen LogP contribution < -0.4 is 0 Å². The number of rotatable bonds is 4. The summed E-state index contributed by atoms with van der Waals surface area (Å²) in [6.45, 7) is 9.01. The van der Waals surface area contributed by atoms with Crippen LogP contribution in [0.3, 0.4) is 0 Å². The molecule has 3 saturated heterocycles. The Morgan fingerprint density at radius 3 is 2.12 bits per heavy atom. The third-order valence-corrected chi connectivity index (χ3v) is 7.02. The minimum Gasteiger partial charge on any atom is -0.306 e. The van der Waals surface area contributed by atoms with Crippen molar-refractivity contribution < 1.29 is 0 Å². The molecule has 3 heterocycles. The highest BCUT2D eigenvalue weighted by Crippen LogP contribution is 2.33. The van der Waals surface area contributed by atoms with Crippen LogP contribution >= 0.6 is 0 Å². The summed E-state index contributed by atoms with van der Waals surface area (Å²) >= 11 is 0. The molecule has 1 unspecified atom stereocenters. The lowest BCUT2D eigenvalue weighted by Crippen LogP contribution is -2.45. The molecule has 0 aliphatic carbocycles. The molecule has 1 aromatic rings. The van der Waals surface area contributed by atoms with Crippen LogP contribution in [0.15, 0.2) is 30.3 Å². The van der Waals surface area contributed by atoms with Crippen molar-refractivity contribution in [1.29, 1.82) is 0 Å². The molecule has 1 aromatic carbocycles. The predicted molar refractivity (Wildman–Crippen MR) is 105 cm³/mol. The third-order valence-electron chi connectivity index (χ3n) is 7.02. The Morgan fingerprint density at radius 1 is 0.800 bits per heavy atom. The van der Waals surface area contributed by atoms with Crippen LogP contribution in [-0.4, -0.2) is 67.1 Å². The molecule has 0 saturated carbocycles. The number of piperidine rings is 2. The summed E-state index contributed by atoms with van der Waals surface area (Å²) < 4.78 is 0. The lowest BCUT2D eigenvalue weighted by molar-refractivity contribution is 0.0831. The van der Waals surface area contributed by atoms with E-state index in [0.29, 0.717) is 0 Å². The van der Waals surface area contributed by atoms with E-state index in [2.05, 4.69) is 52.1 Å². The average Bonchev–Trinajstić information content (AvgIpc) is 3.12. The average molecular weight is 342 g/mol. The Hall–Kier alpha value is -0.900. The summed E-state index contributed by atoms with van der Waals surface area (Å²) in [7, 11) is 2.28. The molecular weight excluding hydrogens is 306 g/mol. The summed E-state index contributed by atoms with van der Waals surface area (Å²) in [5.74, 6) is 2.02. The molecule has 0 radical (unpaired) electrons. The van der Waals surface area contributed by atoms with E-state index in [-0.39, 0.29) is 0 Å². The minimum atomic E-state index is 0.808. The van der Waals surface area contributed by atoms with Gasteiger partial charge in [0.05, 0.1) is 0 Å². The van der Waals surface area contributed by atoms with Crippen molar-refractivity contribution in [2.24, 2.45) is 11.8 Å². The largest absolute Gasteiger partial charge is 0.306 e. The molecule has 3 aliphatic rings. The van der Waals surface area contributed by atoms with Gasteiger partial charge in [-0.2, -0.15) is 0 Å². The van der Waals surface area contributed by atoms with Crippen LogP contribution in [0.1, 0.15) is 37.7 Å². The number of likely N-dealkylation sites (tertiary alicyclic amines) is 3. The minimum absolute atomic E-state index is 0.808. The van der Waals surface area contributed by atoms with Gasteiger partial charge in [0.15, 0.2) is 0 Å². The van der Waals surface area contributed by atoms with Crippen LogP contribution in [0.5, 0.6) is 0 Å². The van der Waals surface area contributed by atoms with Crippen LogP contribution in [0.4, 0.5) is 0 Å². The first kappa shape index (κ1) is 17.5. The number of nitrogens with zero attached hydrogens (tertiary/aromatic N) is 3. The molecule has 3 nitrogen and oxygen atoms in total. The summed E-state index contributed by atoms with van der Waals surface area (Å²) in [6.07, 6.45) is 7.14. The summed E-state index contributed by atoms with van der Waals surface area (Å²) in [5.41, 5.74) is 1.46. The first-order valence-corrected chi connectivity index (χ1v) is 10.5. The van der Waals surface area contributed by atoms with E-state index in [1.54, 1.807) is 0 Å². The van der Waals surface area contributed by atoms with Gasteiger partial charge in [-0.25, -0.2) is 0 Å². The van der Waals surface area contributed by atoms with Gasteiger partial charge in [-0.15, -0.1) is 0 Å². The molecule has 138 valence electrons. The Balaban J connectivity index is 1.22. The van der Waals surface area contributed by atoms with E-state index in [1.807, 2.05) is 0 Å². The SMILES string of the molecule is CN1CCC(C2CCN(C3CCN(Cc4ccccc4)C3)CC2)CC1. The van der Waals surface area contributed by atoms with Gasteiger partial charge in [0.2, 0.25) is 0 Å². The molecule has 1 atom stereocenters. The molecule has 25 heavy (non-hydrogen) atoms. The van der Waals surface area contributed by atoms with Crippen LogP contribution in [0, 0.1) is 11.8 Å². The smallest absolute Gasteiger partial charge is 0.0235 e. The zero-order chi connectivity index (χ0) is 17.1. The highest BCUT2D eigenvalue weighted by atomic mass is 15.3. The van der Waals surface area contributed by atoms with Crippen molar-refractivity contribution in [1.82, 2.24) is 14.7 Å². The Kier molecular flexibility index (Phi) is 5.74. The topological polar surface area (TPSA) is 9.72 Å². The first-order chi connectivity index (χ1) is 12.3. The van der Waals surface area contributed by atoms with E-state index in [0.717, 1.165) is 24.4 Å². The summed E-state index contributed by atoms with van der Waals surface area (Å²) in [4.78, 5) is 7.98. The fraction of sp³-hybridized carbons (Fsp3) is 0.727. The van der Waals surface area contributed by atoms with E-state index < -0.39 is 0 Å². The highest BCUT2D eigenvalue weighted by Gasteiger charge is 2.33. The molecule has 3 aliphatic heterocycles. The monoisotopic (exact) mass is 341 g/mol. The Bertz CT molecular complexity index is 515. The van der Waals surface area contributed by atoms with Crippen molar-refractivity contribution in [2.45, 2.75) is 44.7 Å². The molecular formula is C22H35N3. The normalized spacial score (nSPS) is 28.6. The Morgan fingerprint density at radius 2 is 1.44 bits per heavy atom. The van der Waals surface area contributed by atoms with Crippen LogP contribution in [-0.2, 0) is 6.54 Å². The quantitative estimate of drug-likeness (QED) is 0.832. The summed E-state index contributed by atoms with van der Waals surface area (Å²) in [6, 6.07) is 11.8. The van der Waals surface area contributed by atoms with Crippen molar-refractivity contribution in [3.05, 3.63) is 35.9 Å². The van der Waals surface area contributed by atoms with E-state index >= 15 is 0 Å². The standard InChI is InChI=1S/C22H35N3/c1-23-12-7-20(8-13-23)21-9-15-25(16-10-21)22-11-14-24(18-22)17-19-5-3-2-4-6-19/h2-6,20-22H,7-18H2,1H3. The second kappa shape index (κ2) is 8.20. The maximum absolute atomic E-state index is 2.82. The van der Waals surface area contributed by atoms with Gasteiger partial charge >= 0.3 is 0 Å². The first-order valence-electron chi connectivity index (χ1n) is 10.5. The predicted octanol–water partition coefficient (Wildman–Crippen LogP) is 3.31. The maximum Gasteiger partial charge on any atom is 0.0235 e. The lowest BCUT2D eigenvalue weighted by atomic mass is 9.78. The maximum atomic E-state index is 2.82. The van der Waals surface area contributed by atoms with E-state index in [9.17, 15) is 0 Å². The Labute approximate surface area is 154 Å². The van der Waals surface area contributed by atoms with Gasteiger partial charge < -0.3 is 4.90 Å². The molecule has 3 heteroatoms. The van der Waals surface area contributed by atoms with Gasteiger partial charge in [0.25, 0.3) is 0 Å². The second-order valence-electron chi connectivity index (χ2n) is 8.68. The van der Waals surface area contributed by atoms with Gasteiger partial charge in [-0.1, -0.05) is 30.3 Å². The van der Waals surface area contributed by atoms with Crippen molar-refractivity contribution in [3.8, 4) is 0 Å². The zero-order valence-corrected chi connectivity index (χ0v) is 15.9. The van der Waals surface area contributed by atoms with Crippen molar-refractivity contribution >= 4 is 0 Å².